The molecule has 0 radical (unpaired) electrons. The molecule has 0 aromatic heterocycles. The van der Waals surface area contributed by atoms with Gasteiger partial charge in [0, 0.05) is 32.4 Å². The number of piperidine rings is 1. The SMILES string of the molecule is CC(C)C[C@H](C(=O)NC[C@H]1COC2(CCCCCC2)O1)N1CCCCC1=O. The third-order valence-corrected chi connectivity index (χ3v) is 6.02. The first-order chi connectivity index (χ1) is 13.0. The first kappa shape index (κ1) is 20.6. The molecule has 2 heterocycles. The van der Waals surface area contributed by atoms with Crippen LogP contribution in [0.1, 0.15) is 78.1 Å². The normalized spacial score (nSPS) is 27.0. The van der Waals surface area contributed by atoms with Crippen LogP contribution in [0.15, 0.2) is 0 Å². The molecule has 0 aromatic carbocycles. The number of hydrogen-bond acceptors (Lipinski definition) is 4. The molecule has 6 heteroatoms. The summed E-state index contributed by atoms with van der Waals surface area (Å²) in [6, 6.07) is -0.369. The molecule has 0 bridgehead atoms. The fraction of sp³-hybridized carbons (Fsp3) is 0.905. The van der Waals surface area contributed by atoms with Gasteiger partial charge in [-0.1, -0.05) is 26.7 Å². The first-order valence-electron chi connectivity index (χ1n) is 10.9. The lowest BCUT2D eigenvalue weighted by Gasteiger charge is -2.35. The highest BCUT2D eigenvalue weighted by Gasteiger charge is 2.41. The summed E-state index contributed by atoms with van der Waals surface area (Å²) in [4.78, 5) is 27.0. The van der Waals surface area contributed by atoms with Gasteiger partial charge in [-0.2, -0.15) is 0 Å². The second-order valence-corrected chi connectivity index (χ2v) is 8.81. The smallest absolute Gasteiger partial charge is 0.242 e. The highest BCUT2D eigenvalue weighted by molar-refractivity contribution is 5.88. The quantitative estimate of drug-likeness (QED) is 0.769. The maximum atomic E-state index is 12.9. The van der Waals surface area contributed by atoms with Gasteiger partial charge in [0.15, 0.2) is 5.79 Å². The Bertz CT molecular complexity index is 514. The van der Waals surface area contributed by atoms with Gasteiger partial charge < -0.3 is 19.7 Å². The average molecular weight is 381 g/mol. The minimum absolute atomic E-state index is 0.0515. The summed E-state index contributed by atoms with van der Waals surface area (Å²) >= 11 is 0. The van der Waals surface area contributed by atoms with Crippen molar-refractivity contribution in [2.45, 2.75) is 96.0 Å². The molecule has 1 spiro atoms. The van der Waals surface area contributed by atoms with Crippen LogP contribution in [0.5, 0.6) is 0 Å². The molecule has 3 rings (SSSR count). The minimum atomic E-state index is -0.425. The maximum absolute atomic E-state index is 12.9. The van der Waals surface area contributed by atoms with Gasteiger partial charge in [-0.05, 0) is 38.0 Å². The monoisotopic (exact) mass is 380 g/mol. The molecular formula is C21H36N2O4. The molecule has 154 valence electrons. The summed E-state index contributed by atoms with van der Waals surface area (Å²) in [7, 11) is 0. The van der Waals surface area contributed by atoms with E-state index in [1.54, 1.807) is 4.90 Å². The highest BCUT2D eigenvalue weighted by Crippen LogP contribution is 2.36. The fourth-order valence-electron chi connectivity index (χ4n) is 4.56. The van der Waals surface area contributed by atoms with Crippen molar-refractivity contribution in [3.05, 3.63) is 0 Å². The Kier molecular flexibility index (Phi) is 7.15. The van der Waals surface area contributed by atoms with Crippen molar-refractivity contribution in [1.82, 2.24) is 10.2 Å². The number of hydrogen-bond donors (Lipinski definition) is 1. The van der Waals surface area contributed by atoms with Gasteiger partial charge in [0.2, 0.25) is 11.8 Å². The molecule has 2 atom stereocenters. The van der Waals surface area contributed by atoms with Crippen molar-refractivity contribution < 1.29 is 19.1 Å². The molecule has 2 aliphatic heterocycles. The maximum Gasteiger partial charge on any atom is 0.242 e. The molecule has 3 aliphatic rings. The Balaban J connectivity index is 1.53. The number of rotatable bonds is 6. The summed E-state index contributed by atoms with van der Waals surface area (Å²) in [5.74, 6) is -0.00781. The summed E-state index contributed by atoms with van der Waals surface area (Å²) in [5.41, 5.74) is 0. The zero-order valence-electron chi connectivity index (χ0n) is 17.0. The average Bonchev–Trinajstić information content (AvgIpc) is 2.89. The number of likely N-dealkylation sites (tertiary alicyclic amines) is 1. The number of nitrogens with zero attached hydrogens (tertiary/aromatic N) is 1. The van der Waals surface area contributed by atoms with Crippen LogP contribution in [0.2, 0.25) is 0 Å². The summed E-state index contributed by atoms with van der Waals surface area (Å²) in [6.07, 6.45) is 9.77. The second-order valence-electron chi connectivity index (χ2n) is 8.81. The third kappa shape index (κ3) is 5.44. The van der Waals surface area contributed by atoms with Crippen molar-refractivity contribution in [2.75, 3.05) is 19.7 Å². The van der Waals surface area contributed by atoms with Gasteiger partial charge in [-0.3, -0.25) is 9.59 Å². The van der Waals surface area contributed by atoms with E-state index < -0.39 is 5.79 Å². The van der Waals surface area contributed by atoms with Crippen LogP contribution in [0.25, 0.3) is 0 Å². The van der Waals surface area contributed by atoms with Gasteiger partial charge in [0.25, 0.3) is 0 Å². The zero-order valence-corrected chi connectivity index (χ0v) is 17.0. The highest BCUT2D eigenvalue weighted by atomic mass is 16.7. The van der Waals surface area contributed by atoms with Crippen molar-refractivity contribution >= 4 is 11.8 Å². The predicted octanol–water partition coefficient (Wildman–Crippen LogP) is 3.00. The molecule has 1 aliphatic carbocycles. The van der Waals surface area contributed by atoms with Crippen molar-refractivity contribution in [1.29, 1.82) is 0 Å². The first-order valence-corrected chi connectivity index (χ1v) is 10.9. The number of nitrogens with one attached hydrogen (secondary N) is 1. The van der Waals surface area contributed by atoms with E-state index in [-0.39, 0.29) is 24.0 Å². The molecule has 2 saturated heterocycles. The number of amides is 2. The van der Waals surface area contributed by atoms with E-state index >= 15 is 0 Å². The van der Waals surface area contributed by atoms with E-state index in [4.69, 9.17) is 9.47 Å². The molecule has 1 N–H and O–H groups in total. The van der Waals surface area contributed by atoms with Gasteiger partial charge >= 0.3 is 0 Å². The number of carbonyl (C=O) groups is 2. The summed E-state index contributed by atoms with van der Waals surface area (Å²) < 4.78 is 12.3. The van der Waals surface area contributed by atoms with Crippen LogP contribution in [0.4, 0.5) is 0 Å². The van der Waals surface area contributed by atoms with Crippen LogP contribution in [-0.4, -0.2) is 54.3 Å². The lowest BCUT2D eigenvalue weighted by atomic mass is 9.98. The predicted molar refractivity (Wildman–Crippen MR) is 103 cm³/mol. The Labute approximate surface area is 163 Å². The molecular weight excluding hydrogens is 344 g/mol. The minimum Gasteiger partial charge on any atom is -0.352 e. The summed E-state index contributed by atoms with van der Waals surface area (Å²) in [5, 5.41) is 3.05. The molecule has 2 amide bonds. The van der Waals surface area contributed by atoms with Gasteiger partial charge in [-0.15, -0.1) is 0 Å². The van der Waals surface area contributed by atoms with Crippen molar-refractivity contribution in [2.24, 2.45) is 5.92 Å². The van der Waals surface area contributed by atoms with Crippen LogP contribution in [-0.2, 0) is 19.1 Å². The van der Waals surface area contributed by atoms with E-state index in [9.17, 15) is 9.59 Å². The second kappa shape index (κ2) is 9.37. The van der Waals surface area contributed by atoms with E-state index in [0.29, 0.717) is 38.5 Å². The van der Waals surface area contributed by atoms with E-state index in [1.165, 1.54) is 12.8 Å². The lowest BCUT2D eigenvalue weighted by Crippen LogP contribution is -2.53. The van der Waals surface area contributed by atoms with Gasteiger partial charge in [0.05, 0.1) is 6.61 Å². The van der Waals surface area contributed by atoms with Gasteiger partial charge in [0.1, 0.15) is 12.1 Å². The molecule has 0 unspecified atom stereocenters. The molecule has 6 nitrogen and oxygen atoms in total. The lowest BCUT2D eigenvalue weighted by molar-refractivity contribution is -0.175. The molecule has 3 fully saturated rings. The molecule has 0 aromatic rings. The number of ether oxygens (including phenoxy) is 2. The summed E-state index contributed by atoms with van der Waals surface area (Å²) in [6.45, 7) is 5.88. The van der Waals surface area contributed by atoms with E-state index in [2.05, 4.69) is 19.2 Å². The third-order valence-electron chi connectivity index (χ3n) is 6.02. The Morgan fingerprint density at radius 1 is 1.19 bits per heavy atom. The Morgan fingerprint density at radius 3 is 2.59 bits per heavy atom. The van der Waals surface area contributed by atoms with E-state index in [0.717, 1.165) is 38.5 Å². The molecule has 27 heavy (non-hydrogen) atoms. The topological polar surface area (TPSA) is 67.9 Å². The molecule has 1 saturated carbocycles. The zero-order chi connectivity index (χ0) is 19.3. The van der Waals surface area contributed by atoms with Crippen LogP contribution < -0.4 is 5.32 Å². The van der Waals surface area contributed by atoms with Crippen LogP contribution in [0.3, 0.4) is 0 Å². The number of carbonyl (C=O) groups excluding carboxylic acids is 2. The van der Waals surface area contributed by atoms with E-state index in [1.807, 2.05) is 0 Å². The fourth-order valence-corrected chi connectivity index (χ4v) is 4.56. The Morgan fingerprint density at radius 2 is 1.93 bits per heavy atom. The largest absolute Gasteiger partial charge is 0.352 e. The van der Waals surface area contributed by atoms with Crippen LogP contribution in [0, 0.1) is 5.92 Å². The standard InChI is InChI=1S/C21H36N2O4/c1-16(2)13-18(23-12-8-5-9-19(23)24)20(25)22-14-17-15-26-21(27-17)10-6-3-4-7-11-21/h16-18H,3-15H2,1-2H3,(H,22,25)/t17-,18+/m0/s1. The van der Waals surface area contributed by atoms with Crippen molar-refractivity contribution in [3.8, 4) is 0 Å². The Hall–Kier alpha value is -1.14. The van der Waals surface area contributed by atoms with Crippen molar-refractivity contribution in [3.63, 3.8) is 0 Å². The van der Waals surface area contributed by atoms with Gasteiger partial charge in [-0.25, -0.2) is 0 Å². The van der Waals surface area contributed by atoms with Crippen LogP contribution >= 0.6 is 0 Å².